The first-order valence-corrected chi connectivity index (χ1v) is 9.98. The van der Waals surface area contributed by atoms with E-state index in [0.29, 0.717) is 12.6 Å². The van der Waals surface area contributed by atoms with Gasteiger partial charge in [0, 0.05) is 49.5 Å². The Labute approximate surface area is 161 Å². The first-order chi connectivity index (χ1) is 13.0. The molecule has 3 heterocycles. The molecule has 2 fully saturated rings. The highest BCUT2D eigenvalue weighted by atomic mass is 16.5. The lowest BCUT2D eigenvalue weighted by Gasteiger charge is -2.32. The third-order valence-corrected chi connectivity index (χ3v) is 6.09. The van der Waals surface area contributed by atoms with Crippen LogP contribution in [-0.4, -0.2) is 75.3 Å². The highest BCUT2D eigenvalue weighted by Crippen LogP contribution is 2.37. The zero-order chi connectivity index (χ0) is 19.0. The molecule has 7 nitrogen and oxygen atoms in total. The maximum atomic E-state index is 11.8. The van der Waals surface area contributed by atoms with Gasteiger partial charge in [-0.3, -0.25) is 0 Å². The Bertz CT molecular complexity index is 700. The molecule has 2 saturated heterocycles. The van der Waals surface area contributed by atoms with Crippen LogP contribution in [0.5, 0.6) is 5.75 Å². The molecule has 4 rings (SSSR count). The maximum Gasteiger partial charge on any atom is 0.319 e. The Morgan fingerprint density at radius 2 is 1.93 bits per heavy atom. The number of amides is 2. The quantitative estimate of drug-likeness (QED) is 0.845. The minimum absolute atomic E-state index is 0.141. The van der Waals surface area contributed by atoms with Crippen LogP contribution in [-0.2, 0) is 6.54 Å². The van der Waals surface area contributed by atoms with Gasteiger partial charge in [0.25, 0.3) is 0 Å². The maximum absolute atomic E-state index is 11.8. The van der Waals surface area contributed by atoms with Gasteiger partial charge in [0.15, 0.2) is 0 Å². The number of urea groups is 1. The molecule has 0 saturated carbocycles. The molecule has 3 aliphatic heterocycles. The molecule has 0 spiro atoms. The van der Waals surface area contributed by atoms with Crippen molar-refractivity contribution in [3.63, 3.8) is 0 Å². The molecule has 1 aromatic carbocycles. The van der Waals surface area contributed by atoms with Gasteiger partial charge in [-0.1, -0.05) is 0 Å². The standard InChI is InChI=1S/C20H31N5O2/c1-23(2)14-4-9-25(13-14)15-10-18-17(12-21-20(26)22-18)19(11-15)27-16-5-7-24(3)8-6-16/h10-11,14,16H,4-9,12-13H2,1-3H3,(H2,21,22,26)/t14-/m1/s1. The number of rotatable bonds is 4. The van der Waals surface area contributed by atoms with Gasteiger partial charge in [-0.05, 0) is 46.5 Å². The van der Waals surface area contributed by atoms with Crippen LogP contribution in [0.1, 0.15) is 24.8 Å². The Morgan fingerprint density at radius 1 is 1.15 bits per heavy atom. The molecule has 1 atom stereocenters. The minimum atomic E-state index is -0.141. The lowest BCUT2D eigenvalue weighted by Crippen LogP contribution is -2.37. The molecule has 0 bridgehead atoms. The van der Waals surface area contributed by atoms with E-state index in [2.05, 4.69) is 58.6 Å². The van der Waals surface area contributed by atoms with Crippen LogP contribution in [0.25, 0.3) is 0 Å². The topological polar surface area (TPSA) is 60.1 Å². The summed E-state index contributed by atoms with van der Waals surface area (Å²) in [5.41, 5.74) is 3.08. The SMILES string of the molecule is CN1CCC(Oc2cc(N3CC[C@@H](N(C)C)C3)cc3c2CNC(=O)N3)CC1. The number of nitrogens with one attached hydrogen (secondary N) is 2. The van der Waals surface area contributed by atoms with E-state index in [-0.39, 0.29) is 12.1 Å². The van der Waals surface area contributed by atoms with E-state index in [1.807, 2.05) is 0 Å². The van der Waals surface area contributed by atoms with Crippen LogP contribution in [0.3, 0.4) is 0 Å². The number of nitrogens with zero attached hydrogens (tertiary/aromatic N) is 3. The van der Waals surface area contributed by atoms with E-state index in [1.165, 1.54) is 0 Å². The molecule has 7 heteroatoms. The molecule has 3 aliphatic rings. The van der Waals surface area contributed by atoms with E-state index in [4.69, 9.17) is 4.74 Å². The van der Waals surface area contributed by atoms with E-state index in [9.17, 15) is 4.79 Å². The van der Waals surface area contributed by atoms with Crippen LogP contribution in [0.2, 0.25) is 0 Å². The molecular formula is C20H31N5O2. The molecule has 0 aromatic heterocycles. The van der Waals surface area contributed by atoms with Crippen molar-refractivity contribution in [1.29, 1.82) is 0 Å². The summed E-state index contributed by atoms with van der Waals surface area (Å²) in [6, 6.07) is 4.70. The van der Waals surface area contributed by atoms with Gasteiger partial charge in [0.2, 0.25) is 0 Å². The normalized spacial score (nSPS) is 23.9. The predicted octanol–water partition coefficient (Wildman–Crippen LogP) is 1.93. The number of carbonyl (C=O) groups is 1. The first-order valence-electron chi connectivity index (χ1n) is 9.98. The molecule has 0 aliphatic carbocycles. The van der Waals surface area contributed by atoms with Crippen molar-refractivity contribution < 1.29 is 9.53 Å². The summed E-state index contributed by atoms with van der Waals surface area (Å²) >= 11 is 0. The molecule has 27 heavy (non-hydrogen) atoms. The van der Waals surface area contributed by atoms with Crippen molar-refractivity contribution in [1.82, 2.24) is 15.1 Å². The third-order valence-electron chi connectivity index (χ3n) is 6.09. The zero-order valence-corrected chi connectivity index (χ0v) is 16.6. The van der Waals surface area contributed by atoms with Crippen LogP contribution in [0.4, 0.5) is 16.2 Å². The lowest BCUT2D eigenvalue weighted by atomic mass is 10.1. The van der Waals surface area contributed by atoms with Crippen molar-refractivity contribution in [2.75, 3.05) is 57.5 Å². The summed E-state index contributed by atoms with van der Waals surface area (Å²) in [6.07, 6.45) is 3.48. The zero-order valence-electron chi connectivity index (χ0n) is 16.6. The van der Waals surface area contributed by atoms with Crippen LogP contribution >= 0.6 is 0 Å². The van der Waals surface area contributed by atoms with Crippen molar-refractivity contribution in [3.05, 3.63) is 17.7 Å². The molecule has 2 amide bonds. The van der Waals surface area contributed by atoms with E-state index in [0.717, 1.165) is 68.1 Å². The van der Waals surface area contributed by atoms with Crippen LogP contribution in [0.15, 0.2) is 12.1 Å². The van der Waals surface area contributed by atoms with Gasteiger partial charge in [0.05, 0.1) is 12.2 Å². The highest BCUT2D eigenvalue weighted by molar-refractivity contribution is 5.93. The highest BCUT2D eigenvalue weighted by Gasteiger charge is 2.28. The number of anilines is 2. The summed E-state index contributed by atoms with van der Waals surface area (Å²) < 4.78 is 6.46. The predicted molar refractivity (Wildman–Crippen MR) is 108 cm³/mol. The Kier molecular flexibility index (Phi) is 5.14. The first kappa shape index (κ1) is 18.4. The van der Waals surface area contributed by atoms with Crippen LogP contribution in [0, 0.1) is 0 Å². The van der Waals surface area contributed by atoms with Gasteiger partial charge in [-0.25, -0.2) is 4.79 Å². The molecule has 148 valence electrons. The van der Waals surface area contributed by atoms with E-state index >= 15 is 0 Å². The number of likely N-dealkylation sites (N-methyl/N-ethyl adjacent to an activating group) is 1. The number of ether oxygens (including phenoxy) is 1. The van der Waals surface area contributed by atoms with Crippen molar-refractivity contribution >= 4 is 17.4 Å². The third kappa shape index (κ3) is 3.99. The summed E-state index contributed by atoms with van der Waals surface area (Å²) in [7, 11) is 6.44. The largest absolute Gasteiger partial charge is 0.490 e. The molecule has 2 N–H and O–H groups in total. The van der Waals surface area contributed by atoms with Gasteiger partial charge < -0.3 is 30.1 Å². The second-order valence-electron chi connectivity index (χ2n) is 8.25. The van der Waals surface area contributed by atoms with Gasteiger partial charge in [-0.2, -0.15) is 0 Å². The fourth-order valence-electron chi connectivity index (χ4n) is 4.23. The fraction of sp³-hybridized carbons (Fsp3) is 0.650. The second kappa shape index (κ2) is 7.56. The van der Waals surface area contributed by atoms with Crippen molar-refractivity contribution in [3.8, 4) is 5.75 Å². The number of hydrogen-bond donors (Lipinski definition) is 2. The van der Waals surface area contributed by atoms with E-state index < -0.39 is 0 Å². The minimum Gasteiger partial charge on any atom is -0.490 e. The van der Waals surface area contributed by atoms with Crippen molar-refractivity contribution in [2.24, 2.45) is 0 Å². The van der Waals surface area contributed by atoms with Gasteiger partial charge in [-0.15, -0.1) is 0 Å². The summed E-state index contributed by atoms with van der Waals surface area (Å²) in [6.45, 7) is 4.69. The number of fused-ring (bicyclic) bond motifs is 1. The number of carbonyl (C=O) groups excluding carboxylic acids is 1. The number of benzene rings is 1. The van der Waals surface area contributed by atoms with E-state index in [1.54, 1.807) is 0 Å². The van der Waals surface area contributed by atoms with Crippen molar-refractivity contribution in [2.45, 2.75) is 38.0 Å². The smallest absolute Gasteiger partial charge is 0.319 e. The number of piperidine rings is 1. The lowest BCUT2D eigenvalue weighted by molar-refractivity contribution is 0.113. The Morgan fingerprint density at radius 3 is 2.63 bits per heavy atom. The monoisotopic (exact) mass is 373 g/mol. The Hall–Kier alpha value is -1.99. The molecule has 0 radical (unpaired) electrons. The summed E-state index contributed by atoms with van der Waals surface area (Å²) in [5.74, 6) is 0.915. The van der Waals surface area contributed by atoms with Gasteiger partial charge in [0.1, 0.15) is 11.9 Å². The fourth-order valence-corrected chi connectivity index (χ4v) is 4.23. The van der Waals surface area contributed by atoms with Crippen LogP contribution < -0.4 is 20.3 Å². The number of likely N-dealkylation sites (tertiary alicyclic amines) is 1. The summed E-state index contributed by atoms with van der Waals surface area (Å²) in [4.78, 5) is 18.9. The van der Waals surface area contributed by atoms with Gasteiger partial charge >= 0.3 is 6.03 Å². The average Bonchev–Trinajstić information content (AvgIpc) is 3.13. The number of hydrogen-bond acceptors (Lipinski definition) is 5. The Balaban J connectivity index is 1.59. The summed E-state index contributed by atoms with van der Waals surface area (Å²) in [5, 5.41) is 5.84. The molecule has 1 aromatic rings. The average molecular weight is 374 g/mol. The molecular weight excluding hydrogens is 342 g/mol. The molecule has 0 unspecified atom stereocenters. The second-order valence-corrected chi connectivity index (χ2v) is 8.25.